The third kappa shape index (κ3) is 6.63. The average Bonchev–Trinajstić information content (AvgIpc) is 3.29. The van der Waals surface area contributed by atoms with Crippen LogP contribution in [-0.2, 0) is 14.8 Å². The van der Waals surface area contributed by atoms with Gasteiger partial charge in [0.1, 0.15) is 6.04 Å². The zero-order valence-electron chi connectivity index (χ0n) is 18.7. The summed E-state index contributed by atoms with van der Waals surface area (Å²) in [6.07, 6.45) is 2.20. The van der Waals surface area contributed by atoms with E-state index in [1.165, 1.54) is 47.4 Å². The number of benzene rings is 2. The van der Waals surface area contributed by atoms with Crippen LogP contribution in [0, 0.1) is 0 Å². The number of nitrogens with zero attached hydrogens (tertiary/aromatic N) is 1. The Balaban J connectivity index is 1.76. The fourth-order valence-corrected chi connectivity index (χ4v) is 5.55. The smallest absolute Gasteiger partial charge is 0.244 e. The van der Waals surface area contributed by atoms with E-state index in [1.807, 2.05) is 12.3 Å². The van der Waals surface area contributed by atoms with Crippen molar-refractivity contribution in [2.24, 2.45) is 0 Å². The molecule has 3 aromatic rings. The Morgan fingerprint density at radius 2 is 1.85 bits per heavy atom. The topological polar surface area (TPSA) is 107 Å². The molecule has 12 heteroatoms. The SMILES string of the molecule is COc1ccc(-c2csc(NC(=O)C(CCSC)NS(=O)(=O)c3ccc(Cl)cc3)n2)cc1OC. The summed E-state index contributed by atoms with van der Waals surface area (Å²) in [4.78, 5) is 17.5. The number of anilines is 1. The van der Waals surface area contributed by atoms with Gasteiger partial charge in [-0.05, 0) is 60.9 Å². The summed E-state index contributed by atoms with van der Waals surface area (Å²) in [5, 5.41) is 5.31. The van der Waals surface area contributed by atoms with Crippen LogP contribution in [0.3, 0.4) is 0 Å². The summed E-state index contributed by atoms with van der Waals surface area (Å²) in [7, 11) is -0.810. The molecule has 2 aromatic carbocycles. The van der Waals surface area contributed by atoms with E-state index in [-0.39, 0.29) is 4.90 Å². The minimum absolute atomic E-state index is 0.0313. The van der Waals surface area contributed by atoms with E-state index < -0.39 is 22.0 Å². The highest BCUT2D eigenvalue weighted by molar-refractivity contribution is 7.98. The van der Waals surface area contributed by atoms with E-state index in [0.29, 0.717) is 39.5 Å². The molecule has 3 rings (SSSR count). The number of thioether (sulfide) groups is 1. The molecule has 0 aliphatic carbocycles. The first kappa shape index (κ1) is 26.3. The first-order valence-corrected chi connectivity index (χ1v) is 14.2. The number of methoxy groups -OCH3 is 2. The molecule has 0 spiro atoms. The third-order valence-corrected chi connectivity index (χ3v) is 7.90. The molecule has 1 heterocycles. The fraction of sp³-hybridized carbons (Fsp3) is 0.273. The molecule has 1 aromatic heterocycles. The molecule has 0 aliphatic heterocycles. The summed E-state index contributed by atoms with van der Waals surface area (Å²) >= 11 is 8.61. The number of ether oxygens (including phenoxy) is 2. The highest BCUT2D eigenvalue weighted by atomic mass is 35.5. The van der Waals surface area contributed by atoms with Crippen LogP contribution < -0.4 is 19.5 Å². The van der Waals surface area contributed by atoms with E-state index in [4.69, 9.17) is 21.1 Å². The van der Waals surface area contributed by atoms with Gasteiger partial charge in [-0.25, -0.2) is 13.4 Å². The van der Waals surface area contributed by atoms with Crippen molar-refractivity contribution < 1.29 is 22.7 Å². The summed E-state index contributed by atoms with van der Waals surface area (Å²) in [6.45, 7) is 0. The van der Waals surface area contributed by atoms with Gasteiger partial charge in [-0.1, -0.05) is 11.6 Å². The highest BCUT2D eigenvalue weighted by Crippen LogP contribution is 2.33. The Hall–Kier alpha value is -2.31. The van der Waals surface area contributed by atoms with Gasteiger partial charge < -0.3 is 14.8 Å². The molecule has 0 bridgehead atoms. The number of hydrogen-bond acceptors (Lipinski definition) is 8. The van der Waals surface area contributed by atoms with Gasteiger partial charge in [-0.3, -0.25) is 4.79 Å². The standard InChI is InChI=1S/C22H24ClN3O5S3/c1-30-19-9-4-14(12-20(19)31-2)18-13-33-22(24-18)25-21(27)17(10-11-32-3)26-34(28,29)16-7-5-15(23)6-8-16/h4-9,12-13,17,26H,10-11H2,1-3H3,(H,24,25,27). The van der Waals surface area contributed by atoms with E-state index in [0.717, 1.165) is 5.56 Å². The quantitative estimate of drug-likeness (QED) is 0.367. The zero-order valence-corrected chi connectivity index (χ0v) is 21.9. The Bertz CT molecular complexity index is 1230. The van der Waals surface area contributed by atoms with Crippen molar-refractivity contribution in [2.45, 2.75) is 17.4 Å². The van der Waals surface area contributed by atoms with Crippen LogP contribution >= 0.6 is 34.7 Å². The van der Waals surface area contributed by atoms with Crippen molar-refractivity contribution in [3.8, 4) is 22.8 Å². The predicted molar refractivity (Wildman–Crippen MR) is 138 cm³/mol. The number of amides is 1. The number of aromatic nitrogens is 1. The maximum Gasteiger partial charge on any atom is 0.244 e. The third-order valence-electron chi connectivity index (χ3n) is 4.76. The Labute approximate surface area is 212 Å². The van der Waals surface area contributed by atoms with Crippen LogP contribution in [0.15, 0.2) is 52.7 Å². The van der Waals surface area contributed by atoms with Crippen molar-refractivity contribution in [2.75, 3.05) is 31.5 Å². The van der Waals surface area contributed by atoms with Gasteiger partial charge in [-0.2, -0.15) is 16.5 Å². The first-order valence-electron chi connectivity index (χ1n) is 10.0. The second kappa shape index (κ2) is 11.9. The van der Waals surface area contributed by atoms with Crippen LogP contribution in [0.1, 0.15) is 6.42 Å². The number of carbonyl (C=O) groups is 1. The van der Waals surface area contributed by atoms with Gasteiger partial charge >= 0.3 is 0 Å². The van der Waals surface area contributed by atoms with Crippen molar-refractivity contribution in [1.82, 2.24) is 9.71 Å². The van der Waals surface area contributed by atoms with Crippen molar-refractivity contribution in [1.29, 1.82) is 0 Å². The number of nitrogens with one attached hydrogen (secondary N) is 2. The van der Waals surface area contributed by atoms with Crippen molar-refractivity contribution in [3.05, 3.63) is 52.9 Å². The van der Waals surface area contributed by atoms with Crippen LogP contribution in [0.2, 0.25) is 5.02 Å². The van der Waals surface area contributed by atoms with Gasteiger partial charge in [0.2, 0.25) is 15.9 Å². The lowest BCUT2D eigenvalue weighted by Crippen LogP contribution is -2.44. The molecule has 1 unspecified atom stereocenters. The van der Waals surface area contributed by atoms with E-state index in [1.54, 1.807) is 31.7 Å². The number of carbonyl (C=O) groups excluding carboxylic acids is 1. The lowest BCUT2D eigenvalue weighted by atomic mass is 10.1. The summed E-state index contributed by atoms with van der Waals surface area (Å²) in [5.74, 6) is 1.27. The van der Waals surface area contributed by atoms with Crippen LogP contribution in [-0.4, -0.2) is 51.6 Å². The summed E-state index contributed by atoms with van der Waals surface area (Å²) < 4.78 is 38.7. The molecule has 0 aliphatic rings. The van der Waals surface area contributed by atoms with Crippen molar-refractivity contribution in [3.63, 3.8) is 0 Å². The maximum absolute atomic E-state index is 13.0. The predicted octanol–water partition coefficient (Wildman–Crippen LogP) is 4.52. The molecule has 182 valence electrons. The molecule has 8 nitrogen and oxygen atoms in total. The van der Waals surface area contributed by atoms with Gasteiger partial charge in [-0.15, -0.1) is 11.3 Å². The molecule has 0 saturated heterocycles. The van der Waals surface area contributed by atoms with Crippen LogP contribution in [0.25, 0.3) is 11.3 Å². The number of hydrogen-bond donors (Lipinski definition) is 2. The van der Waals surface area contributed by atoms with Gasteiger partial charge in [0.05, 0.1) is 24.8 Å². The molecule has 0 fully saturated rings. The minimum Gasteiger partial charge on any atom is -0.493 e. The number of sulfonamides is 1. The second-order valence-corrected chi connectivity index (χ2v) is 11.0. The largest absolute Gasteiger partial charge is 0.493 e. The normalized spacial score (nSPS) is 12.2. The fourth-order valence-electron chi connectivity index (χ4n) is 3.00. The number of halogens is 1. The lowest BCUT2D eigenvalue weighted by molar-refractivity contribution is -0.117. The molecular weight excluding hydrogens is 518 g/mol. The van der Waals surface area contributed by atoms with Gasteiger partial charge in [0.15, 0.2) is 16.6 Å². The Kier molecular flexibility index (Phi) is 9.20. The molecule has 34 heavy (non-hydrogen) atoms. The first-order chi connectivity index (χ1) is 16.3. The van der Waals surface area contributed by atoms with Gasteiger partial charge in [0, 0.05) is 16.0 Å². The summed E-state index contributed by atoms with van der Waals surface area (Å²) in [5.41, 5.74) is 1.43. The van der Waals surface area contributed by atoms with Crippen LogP contribution in [0.5, 0.6) is 11.5 Å². The molecule has 1 atom stereocenters. The van der Waals surface area contributed by atoms with E-state index >= 15 is 0 Å². The number of thiazole rings is 1. The second-order valence-electron chi connectivity index (χ2n) is 7.01. The highest BCUT2D eigenvalue weighted by Gasteiger charge is 2.26. The summed E-state index contributed by atoms with van der Waals surface area (Å²) in [6, 6.07) is 10.2. The molecule has 1 amide bonds. The minimum atomic E-state index is -3.92. The Morgan fingerprint density at radius 1 is 1.15 bits per heavy atom. The average molecular weight is 542 g/mol. The molecule has 0 radical (unpaired) electrons. The van der Waals surface area contributed by atoms with Crippen LogP contribution in [0.4, 0.5) is 5.13 Å². The lowest BCUT2D eigenvalue weighted by Gasteiger charge is -2.17. The monoisotopic (exact) mass is 541 g/mol. The Morgan fingerprint density at radius 3 is 2.50 bits per heavy atom. The van der Waals surface area contributed by atoms with E-state index in [2.05, 4.69) is 15.0 Å². The molecule has 2 N–H and O–H groups in total. The molecular formula is C22H24ClN3O5S3. The van der Waals surface area contributed by atoms with E-state index in [9.17, 15) is 13.2 Å². The number of rotatable bonds is 11. The maximum atomic E-state index is 13.0. The molecule has 0 saturated carbocycles. The zero-order chi connectivity index (χ0) is 24.7. The van der Waals surface area contributed by atoms with Crippen molar-refractivity contribution >= 4 is 55.8 Å². The van der Waals surface area contributed by atoms with Gasteiger partial charge in [0.25, 0.3) is 0 Å².